The highest BCUT2D eigenvalue weighted by Gasteiger charge is 2.50. The van der Waals surface area contributed by atoms with E-state index in [1.165, 1.54) is 0 Å². The van der Waals surface area contributed by atoms with Crippen LogP contribution >= 0.6 is 0 Å². The number of aromatic hydroxyl groups is 24. The molecule has 27 heteroatoms. The lowest BCUT2D eigenvalue weighted by Gasteiger charge is -2.26. The molecule has 0 saturated carbocycles. The molecule has 360 valence electrons. The minimum Gasteiger partial charge on any atom is -0.506 e. The summed E-state index contributed by atoms with van der Waals surface area (Å²) in [6.45, 7) is 0. The summed E-state index contributed by atoms with van der Waals surface area (Å²) < 4.78 is 5.58. The fraction of sp³-hybridized carbons (Fsp3) is 0.0233. The molecule has 0 fully saturated rings. The first-order chi connectivity index (χ1) is 32.6. The molecular weight excluding hydrogens is 944 g/mol. The number of nitrogens with two attached hydrogens (primary N) is 2. The zero-order valence-corrected chi connectivity index (χ0v) is 33.8. The molecule has 0 bridgehead atoms. The van der Waals surface area contributed by atoms with Gasteiger partial charge in [-0.1, -0.05) is 0 Å². The van der Waals surface area contributed by atoms with E-state index in [2.05, 4.69) is 0 Å². The summed E-state index contributed by atoms with van der Waals surface area (Å²) in [5.74, 6) is -37.5. The van der Waals surface area contributed by atoms with Gasteiger partial charge in [-0.25, -0.2) is 0 Å². The van der Waals surface area contributed by atoms with Crippen LogP contribution in [0, 0.1) is 0 Å². The Kier molecular flexibility index (Phi) is 7.97. The van der Waals surface area contributed by atoms with Crippen LogP contribution in [0.4, 0.5) is 0 Å². The van der Waals surface area contributed by atoms with E-state index >= 15 is 0 Å². The summed E-state index contributed by atoms with van der Waals surface area (Å²) >= 11 is 0. The Morgan fingerprint density at radius 2 is 0.457 bits per heavy atom. The third kappa shape index (κ3) is 4.51. The van der Waals surface area contributed by atoms with Crippen LogP contribution in [-0.2, 0) is 5.66 Å². The van der Waals surface area contributed by atoms with E-state index in [9.17, 15) is 123 Å². The van der Waals surface area contributed by atoms with Crippen LogP contribution in [0.15, 0.2) is 4.42 Å². The molecule has 0 unspecified atom stereocenters. The second kappa shape index (κ2) is 12.9. The number of phenols is 24. The molecule has 0 spiro atoms. The molecule has 0 aliphatic heterocycles. The Balaban J connectivity index is 1.49. The van der Waals surface area contributed by atoms with Crippen molar-refractivity contribution in [3.63, 3.8) is 0 Å². The van der Waals surface area contributed by atoms with Gasteiger partial charge in [0.05, 0.1) is 32.7 Å². The molecule has 0 atom stereocenters. The summed E-state index contributed by atoms with van der Waals surface area (Å²) in [6.07, 6.45) is 0. The molecule has 0 saturated heterocycles. The second-order valence-corrected chi connectivity index (χ2v) is 16.0. The number of hydrogen-bond donors (Lipinski definition) is 26. The first-order valence-electron chi connectivity index (χ1n) is 19.1. The fourth-order valence-electron chi connectivity index (χ4n) is 9.49. The van der Waals surface area contributed by atoms with Crippen LogP contribution in [0.1, 0.15) is 11.1 Å². The molecule has 1 heterocycles. The van der Waals surface area contributed by atoms with E-state index in [4.69, 9.17) is 15.9 Å². The monoisotopic (exact) mass is 972 g/mol. The average molecular weight is 973 g/mol. The SMILES string of the molecule is NC1(N)c2c(O)c(O)c(O)c(O)c2-c2c(O)c(-c3c4c(O)c(O)c(O)c(O)c4c(-c4c(O)c(O)c5oc6c7c(O)c(O)c(O)c(O)c7c(O)c(O)c6c5c4O)c4c(O)c(O)c(O)c(O)c34)c(O)c(O)c21. The van der Waals surface area contributed by atoms with Gasteiger partial charge < -0.3 is 138 Å². The highest BCUT2D eigenvalue weighted by Crippen LogP contribution is 2.70. The number of fused-ring (bicyclic) bond motifs is 10. The second-order valence-electron chi connectivity index (χ2n) is 16.0. The van der Waals surface area contributed by atoms with Crippen LogP contribution in [0.2, 0.25) is 0 Å². The Bertz CT molecular complexity index is 4000. The summed E-state index contributed by atoms with van der Waals surface area (Å²) in [6, 6.07) is 0. The lowest BCUT2D eigenvalue weighted by Crippen LogP contribution is -2.45. The maximum absolute atomic E-state index is 12.3. The highest BCUT2D eigenvalue weighted by molar-refractivity contribution is 6.33. The maximum Gasteiger partial charge on any atom is 0.205 e. The van der Waals surface area contributed by atoms with Crippen molar-refractivity contribution in [3.8, 4) is 171 Å². The molecule has 8 aromatic carbocycles. The fourth-order valence-corrected chi connectivity index (χ4v) is 9.49. The van der Waals surface area contributed by atoms with Crippen molar-refractivity contribution in [3.05, 3.63) is 11.1 Å². The third-order valence-electron chi connectivity index (χ3n) is 12.6. The zero-order valence-electron chi connectivity index (χ0n) is 33.8. The van der Waals surface area contributed by atoms with Gasteiger partial charge in [-0.05, 0) is 0 Å². The molecule has 9 aromatic rings. The molecule has 1 aliphatic carbocycles. The first-order valence-corrected chi connectivity index (χ1v) is 19.1. The average Bonchev–Trinajstić information content (AvgIpc) is 3.84. The van der Waals surface area contributed by atoms with Crippen LogP contribution < -0.4 is 11.5 Å². The van der Waals surface area contributed by atoms with Crippen LogP contribution in [0.3, 0.4) is 0 Å². The van der Waals surface area contributed by atoms with Gasteiger partial charge in [-0.3, -0.25) is 0 Å². The first kappa shape index (κ1) is 43.4. The molecule has 10 rings (SSSR count). The van der Waals surface area contributed by atoms with Crippen molar-refractivity contribution in [2.75, 3.05) is 0 Å². The van der Waals surface area contributed by atoms with Crippen molar-refractivity contribution in [1.29, 1.82) is 0 Å². The summed E-state index contributed by atoms with van der Waals surface area (Å²) in [5, 5.41) is 261. The van der Waals surface area contributed by atoms with Crippen molar-refractivity contribution < 1.29 is 127 Å². The summed E-state index contributed by atoms with van der Waals surface area (Å²) in [4.78, 5) is 0. The van der Waals surface area contributed by atoms with E-state index < -0.39 is 242 Å². The van der Waals surface area contributed by atoms with Gasteiger partial charge in [0.15, 0.2) is 85.9 Å². The minimum atomic E-state index is -2.86. The smallest absolute Gasteiger partial charge is 0.205 e. The lowest BCUT2D eigenvalue weighted by atomic mass is 9.81. The van der Waals surface area contributed by atoms with Gasteiger partial charge >= 0.3 is 0 Å². The third-order valence-corrected chi connectivity index (χ3v) is 12.6. The van der Waals surface area contributed by atoms with Gasteiger partial charge in [-0.15, -0.1) is 0 Å². The molecule has 70 heavy (non-hydrogen) atoms. The number of furan rings is 1. The number of phenolic OH excluding ortho intramolecular Hbond substituents is 24. The number of rotatable bonds is 2. The summed E-state index contributed by atoms with van der Waals surface area (Å²) in [7, 11) is 0. The van der Waals surface area contributed by atoms with Crippen LogP contribution in [0.5, 0.6) is 138 Å². The van der Waals surface area contributed by atoms with E-state index in [-0.39, 0.29) is 0 Å². The van der Waals surface area contributed by atoms with Gasteiger partial charge in [0.1, 0.15) is 17.2 Å². The maximum atomic E-state index is 12.3. The Hall–Kier alpha value is -10.5. The minimum absolute atomic E-state index is 0.947. The predicted octanol–water partition coefficient (Wildman–Crippen LogP) is 3.41. The summed E-state index contributed by atoms with van der Waals surface area (Å²) in [5.41, 5.74) is -1.96. The normalized spacial score (nSPS) is 13.1. The highest BCUT2D eigenvalue weighted by atomic mass is 16.4. The van der Waals surface area contributed by atoms with Gasteiger partial charge in [0.25, 0.3) is 0 Å². The van der Waals surface area contributed by atoms with Crippen LogP contribution in [-0.4, -0.2) is 123 Å². The predicted molar refractivity (Wildman–Crippen MR) is 232 cm³/mol. The van der Waals surface area contributed by atoms with E-state index in [0.717, 1.165) is 0 Å². The standard InChI is InChI=1S/C43H28N2O25/c44-43(45)15-7(8-16(43)31(60)39(68)36(65)23(8)52)17(46)9(25(54)30(15)59)1-3-5(21(50)34(63)32(61)19(3)48)2(6-4(1)20(49)33(62)35(64)22(6)51)10-18(47)13-14-28(57)24(53)11-12(29(58)38(67)37(66)26(11)55)41(14)70-42(13)40(69)27(10)56/h46-69H,44-45H2. The van der Waals surface area contributed by atoms with Crippen molar-refractivity contribution >= 4 is 54.3 Å². The van der Waals surface area contributed by atoms with Crippen molar-refractivity contribution in [2.24, 2.45) is 11.5 Å². The molecule has 0 radical (unpaired) electrons. The quantitative estimate of drug-likeness (QED) is 0.0510. The largest absolute Gasteiger partial charge is 0.506 e. The van der Waals surface area contributed by atoms with Gasteiger partial charge in [0, 0.05) is 54.9 Å². The van der Waals surface area contributed by atoms with Gasteiger partial charge in [0.2, 0.25) is 51.7 Å². The molecule has 28 N–H and O–H groups in total. The molecular formula is C43H28N2O25. The molecule has 27 nitrogen and oxygen atoms in total. The van der Waals surface area contributed by atoms with Crippen LogP contribution in [0.25, 0.3) is 87.6 Å². The van der Waals surface area contributed by atoms with E-state index in [1.807, 2.05) is 0 Å². The molecule has 1 aromatic heterocycles. The zero-order chi connectivity index (χ0) is 51.5. The van der Waals surface area contributed by atoms with E-state index in [0.29, 0.717) is 0 Å². The van der Waals surface area contributed by atoms with E-state index in [1.54, 1.807) is 0 Å². The Morgan fingerprint density at radius 1 is 0.200 bits per heavy atom. The van der Waals surface area contributed by atoms with Crippen molar-refractivity contribution in [2.45, 2.75) is 5.66 Å². The lowest BCUT2D eigenvalue weighted by molar-refractivity contribution is 0.339. The Labute approximate surface area is 380 Å². The molecule has 0 amide bonds. The Morgan fingerprint density at radius 3 is 0.900 bits per heavy atom. The molecule has 1 aliphatic rings. The number of benzene rings is 8. The number of hydrogen-bond acceptors (Lipinski definition) is 27. The topological polar surface area (TPSA) is 551 Å². The van der Waals surface area contributed by atoms with Crippen molar-refractivity contribution in [1.82, 2.24) is 0 Å². The van der Waals surface area contributed by atoms with Gasteiger partial charge in [-0.2, -0.15) is 0 Å².